The first-order valence-corrected chi connectivity index (χ1v) is 8.21. The highest BCUT2D eigenvalue weighted by molar-refractivity contribution is 7.59. The third-order valence-electron chi connectivity index (χ3n) is 3.29. The van der Waals surface area contributed by atoms with E-state index in [2.05, 4.69) is 27.7 Å². The van der Waals surface area contributed by atoms with Crippen LogP contribution in [0, 0.1) is 24.6 Å². The molecule has 0 aliphatic carbocycles. The Bertz CT molecular complexity index is 274. The minimum absolute atomic E-state index is 0. The largest absolute Gasteiger partial charge is 0.207 e. The summed E-state index contributed by atoms with van der Waals surface area (Å²) in [5.41, 5.74) is 1.09. The Morgan fingerprint density at radius 1 is 0.952 bits per heavy atom. The van der Waals surface area contributed by atoms with Crippen LogP contribution in [0.2, 0.25) is 0 Å². The Morgan fingerprint density at radius 3 is 1.76 bits per heavy atom. The molecular formula is C19H37FS. The summed E-state index contributed by atoms with van der Waals surface area (Å²) in [5, 5.41) is 0. The van der Waals surface area contributed by atoms with Crippen LogP contribution in [-0.2, 0) is 0 Å². The number of hydrogen-bond donors (Lipinski definition) is 0. The van der Waals surface area contributed by atoms with Crippen molar-refractivity contribution in [3.05, 3.63) is 35.6 Å². The van der Waals surface area contributed by atoms with Crippen LogP contribution in [0.4, 0.5) is 4.39 Å². The third-order valence-corrected chi connectivity index (χ3v) is 3.29. The molecule has 0 fully saturated rings. The summed E-state index contributed by atoms with van der Waals surface area (Å²) in [6.07, 6.45) is 5.51. The molecule has 0 spiro atoms. The third kappa shape index (κ3) is 17.4. The Morgan fingerprint density at radius 2 is 1.43 bits per heavy atom. The van der Waals surface area contributed by atoms with Crippen molar-refractivity contribution in [2.45, 2.75) is 74.1 Å². The number of aryl methyl sites for hydroxylation is 1. The molecule has 126 valence electrons. The van der Waals surface area contributed by atoms with E-state index in [1.807, 2.05) is 20.8 Å². The van der Waals surface area contributed by atoms with E-state index in [4.69, 9.17) is 0 Å². The Kier molecular flexibility index (Phi) is 21.3. The lowest BCUT2D eigenvalue weighted by atomic mass is 9.92. The highest BCUT2D eigenvalue weighted by Gasteiger charge is 2.04. The van der Waals surface area contributed by atoms with Gasteiger partial charge in [-0.3, -0.25) is 0 Å². The first-order valence-electron chi connectivity index (χ1n) is 8.21. The van der Waals surface area contributed by atoms with Crippen LogP contribution >= 0.6 is 13.5 Å². The maximum Gasteiger partial charge on any atom is 0.123 e. The van der Waals surface area contributed by atoms with E-state index in [-0.39, 0.29) is 19.3 Å². The molecule has 2 atom stereocenters. The number of hydrogen-bond acceptors (Lipinski definition) is 0. The van der Waals surface area contributed by atoms with Gasteiger partial charge < -0.3 is 0 Å². The molecule has 0 amide bonds. The molecule has 0 saturated carbocycles. The first-order chi connectivity index (χ1) is 9.49. The van der Waals surface area contributed by atoms with Gasteiger partial charge in [-0.05, 0) is 37.3 Å². The quantitative estimate of drug-likeness (QED) is 0.542. The normalized spacial score (nSPS) is 11.8. The van der Waals surface area contributed by atoms with E-state index in [0.717, 1.165) is 17.4 Å². The molecule has 0 aliphatic heterocycles. The van der Waals surface area contributed by atoms with Crippen LogP contribution < -0.4 is 0 Å². The molecule has 21 heavy (non-hydrogen) atoms. The number of halogens is 1. The molecule has 0 aromatic heterocycles. The zero-order valence-electron chi connectivity index (χ0n) is 15.2. The summed E-state index contributed by atoms with van der Waals surface area (Å²) in [6.45, 7) is 15.2. The Hall–Kier alpha value is -0.500. The molecule has 0 nitrogen and oxygen atoms in total. The highest BCUT2D eigenvalue weighted by atomic mass is 32.1. The predicted molar refractivity (Wildman–Crippen MR) is 101 cm³/mol. The van der Waals surface area contributed by atoms with E-state index in [9.17, 15) is 4.39 Å². The maximum atomic E-state index is 12.1. The fraction of sp³-hybridized carbons (Fsp3) is 0.684. The van der Waals surface area contributed by atoms with Crippen LogP contribution in [0.25, 0.3) is 0 Å². The molecule has 1 aromatic carbocycles. The zero-order chi connectivity index (χ0) is 16.0. The molecule has 0 bridgehead atoms. The van der Waals surface area contributed by atoms with Crippen LogP contribution in [0.1, 0.15) is 72.8 Å². The van der Waals surface area contributed by atoms with Gasteiger partial charge in [0.1, 0.15) is 5.82 Å². The Labute approximate surface area is 140 Å². The highest BCUT2D eigenvalue weighted by Crippen LogP contribution is 2.18. The maximum absolute atomic E-state index is 12.1. The molecule has 0 radical (unpaired) electrons. The van der Waals surface area contributed by atoms with Gasteiger partial charge in [0.15, 0.2) is 0 Å². The van der Waals surface area contributed by atoms with Gasteiger partial charge in [-0.25, -0.2) is 4.39 Å². The van der Waals surface area contributed by atoms with Crippen molar-refractivity contribution in [1.82, 2.24) is 0 Å². The summed E-state index contributed by atoms with van der Waals surface area (Å²) < 4.78 is 12.1. The van der Waals surface area contributed by atoms with Gasteiger partial charge in [-0.15, -0.1) is 0 Å². The van der Waals surface area contributed by atoms with Crippen LogP contribution in [0.5, 0.6) is 0 Å². The molecule has 1 aromatic rings. The van der Waals surface area contributed by atoms with Crippen molar-refractivity contribution >= 4 is 13.5 Å². The second-order valence-electron chi connectivity index (χ2n) is 5.44. The van der Waals surface area contributed by atoms with Gasteiger partial charge in [0.05, 0.1) is 0 Å². The fourth-order valence-electron chi connectivity index (χ4n) is 2.00. The van der Waals surface area contributed by atoms with E-state index >= 15 is 0 Å². The topological polar surface area (TPSA) is 0 Å². The lowest BCUT2D eigenvalue weighted by molar-refractivity contribution is 0.384. The standard InChI is InChI=1S/C10H22.C7H7F.C2H6.H2S/c1-5-7-10(4)8-9(3)6-2;1-6-2-4-7(8)5-3-6;1-2;/h9-10H,5-8H2,1-4H3;2-5H,1H3;1-2H3;1H2. The molecule has 0 heterocycles. The first kappa shape index (κ1) is 25.5. The lowest BCUT2D eigenvalue weighted by Crippen LogP contribution is -2.01. The monoisotopic (exact) mass is 316 g/mol. The predicted octanol–water partition coefficient (Wildman–Crippen LogP) is 7.13. The minimum atomic E-state index is -0.171. The molecule has 0 saturated heterocycles. The van der Waals surface area contributed by atoms with E-state index in [1.165, 1.54) is 37.8 Å². The van der Waals surface area contributed by atoms with Crippen molar-refractivity contribution in [2.75, 3.05) is 0 Å². The second-order valence-corrected chi connectivity index (χ2v) is 5.44. The minimum Gasteiger partial charge on any atom is -0.207 e. The van der Waals surface area contributed by atoms with E-state index in [1.54, 1.807) is 12.1 Å². The summed E-state index contributed by atoms with van der Waals surface area (Å²) >= 11 is 0. The summed E-state index contributed by atoms with van der Waals surface area (Å²) in [4.78, 5) is 0. The number of benzene rings is 1. The van der Waals surface area contributed by atoms with Gasteiger partial charge in [-0.2, -0.15) is 13.5 Å². The molecular weight excluding hydrogens is 279 g/mol. The van der Waals surface area contributed by atoms with Crippen molar-refractivity contribution in [3.8, 4) is 0 Å². The van der Waals surface area contributed by atoms with E-state index < -0.39 is 0 Å². The van der Waals surface area contributed by atoms with Gasteiger partial charge in [-0.1, -0.05) is 78.5 Å². The second kappa shape index (κ2) is 17.6. The van der Waals surface area contributed by atoms with Crippen molar-refractivity contribution in [3.63, 3.8) is 0 Å². The fourth-order valence-corrected chi connectivity index (χ4v) is 2.00. The van der Waals surface area contributed by atoms with Crippen LogP contribution in [0.15, 0.2) is 24.3 Å². The summed E-state index contributed by atoms with van der Waals surface area (Å²) in [6, 6.07) is 6.40. The van der Waals surface area contributed by atoms with E-state index in [0.29, 0.717) is 0 Å². The molecule has 1 rings (SSSR count). The summed E-state index contributed by atoms with van der Waals surface area (Å²) in [7, 11) is 0. The van der Waals surface area contributed by atoms with Gasteiger partial charge in [0.25, 0.3) is 0 Å². The number of rotatable bonds is 5. The average Bonchev–Trinajstić information content (AvgIpc) is 2.45. The smallest absolute Gasteiger partial charge is 0.123 e. The molecule has 0 aliphatic rings. The molecule has 2 unspecified atom stereocenters. The van der Waals surface area contributed by atoms with Gasteiger partial charge in [0.2, 0.25) is 0 Å². The zero-order valence-corrected chi connectivity index (χ0v) is 16.2. The molecule has 2 heteroatoms. The Balaban J connectivity index is -0.000000268. The SMILES string of the molecule is CC.CCCC(C)CC(C)CC.Cc1ccc(F)cc1.S. The van der Waals surface area contributed by atoms with Crippen molar-refractivity contribution in [2.24, 2.45) is 11.8 Å². The van der Waals surface area contributed by atoms with Gasteiger partial charge >= 0.3 is 0 Å². The van der Waals surface area contributed by atoms with Gasteiger partial charge in [0, 0.05) is 0 Å². The van der Waals surface area contributed by atoms with Crippen LogP contribution in [0.3, 0.4) is 0 Å². The average molecular weight is 317 g/mol. The molecule has 0 N–H and O–H groups in total. The lowest BCUT2D eigenvalue weighted by Gasteiger charge is -2.14. The summed E-state index contributed by atoms with van der Waals surface area (Å²) in [5.74, 6) is 1.71. The van der Waals surface area contributed by atoms with Crippen LogP contribution in [-0.4, -0.2) is 0 Å². The van der Waals surface area contributed by atoms with Crippen molar-refractivity contribution in [1.29, 1.82) is 0 Å². The van der Waals surface area contributed by atoms with Crippen molar-refractivity contribution < 1.29 is 4.39 Å².